The Morgan fingerprint density at radius 2 is 2.09 bits per heavy atom. The number of benzene rings is 1. The third kappa shape index (κ3) is 2.55. The summed E-state index contributed by atoms with van der Waals surface area (Å²) in [6.07, 6.45) is 2.11. The molecule has 1 aliphatic heterocycles. The quantitative estimate of drug-likeness (QED) is 0.862. The summed E-state index contributed by atoms with van der Waals surface area (Å²) in [6.45, 7) is 0. The Bertz CT molecular complexity index is 886. The van der Waals surface area contributed by atoms with E-state index in [4.69, 9.17) is 0 Å². The molecule has 1 fully saturated rings. The van der Waals surface area contributed by atoms with E-state index < -0.39 is 9.84 Å². The maximum Gasteiger partial charge on any atom is 0.269 e. The van der Waals surface area contributed by atoms with E-state index in [1.54, 1.807) is 0 Å². The first-order chi connectivity index (χ1) is 11.0. The molecule has 1 aromatic carbocycles. The van der Waals surface area contributed by atoms with E-state index in [2.05, 4.69) is 21.6 Å². The number of amides is 1. The molecular formula is C16H17N3O3S. The highest BCUT2D eigenvalue weighted by Gasteiger charge is 2.31. The van der Waals surface area contributed by atoms with Gasteiger partial charge in [-0.25, -0.2) is 8.42 Å². The number of H-pyrrole nitrogens is 1. The minimum atomic E-state index is -3.01. The number of carbonyl (C=O) groups is 1. The molecule has 7 heteroatoms. The van der Waals surface area contributed by atoms with Crippen LogP contribution in [0.3, 0.4) is 0 Å². The third-order valence-electron chi connectivity index (χ3n) is 4.58. The molecule has 1 aromatic heterocycles. The first-order valence-electron chi connectivity index (χ1n) is 7.70. The number of nitrogens with one attached hydrogen (secondary N) is 2. The van der Waals surface area contributed by atoms with Gasteiger partial charge in [0.05, 0.1) is 17.2 Å². The Kier molecular flexibility index (Phi) is 3.26. The summed E-state index contributed by atoms with van der Waals surface area (Å²) >= 11 is 0. The predicted molar refractivity (Wildman–Crippen MR) is 86.0 cm³/mol. The molecule has 4 rings (SSSR count). The van der Waals surface area contributed by atoms with Gasteiger partial charge in [-0.1, -0.05) is 24.3 Å². The van der Waals surface area contributed by atoms with Crippen LogP contribution < -0.4 is 5.32 Å². The number of sulfone groups is 1. The van der Waals surface area contributed by atoms with Gasteiger partial charge < -0.3 is 5.32 Å². The maximum atomic E-state index is 12.5. The number of hydrogen-bond acceptors (Lipinski definition) is 4. The van der Waals surface area contributed by atoms with Gasteiger partial charge in [0.25, 0.3) is 5.91 Å². The van der Waals surface area contributed by atoms with Gasteiger partial charge in [-0.2, -0.15) is 5.10 Å². The number of aromatic amines is 1. The van der Waals surface area contributed by atoms with E-state index in [-0.39, 0.29) is 23.5 Å². The molecule has 1 atom stereocenters. The molecule has 120 valence electrons. The van der Waals surface area contributed by atoms with E-state index >= 15 is 0 Å². The summed E-state index contributed by atoms with van der Waals surface area (Å²) in [5.74, 6) is -0.0927. The summed E-state index contributed by atoms with van der Waals surface area (Å²) in [5, 5.41) is 9.98. The standard InChI is InChI=1S/C16H17N3O3S/c20-16(17-11-7-8-23(21,22)9-11)15-13-6-5-10-3-1-2-4-12(10)14(13)18-19-15/h1-4,11H,5-9H2,(H,17,20)(H,18,19). The van der Waals surface area contributed by atoms with Crippen molar-refractivity contribution in [1.29, 1.82) is 0 Å². The zero-order valence-corrected chi connectivity index (χ0v) is 13.3. The molecule has 6 nitrogen and oxygen atoms in total. The lowest BCUT2D eigenvalue weighted by Crippen LogP contribution is -2.36. The van der Waals surface area contributed by atoms with Gasteiger partial charge >= 0.3 is 0 Å². The first-order valence-corrected chi connectivity index (χ1v) is 9.52. The van der Waals surface area contributed by atoms with Crippen LogP contribution in [0.15, 0.2) is 24.3 Å². The van der Waals surface area contributed by atoms with E-state index in [1.165, 1.54) is 5.56 Å². The summed E-state index contributed by atoms with van der Waals surface area (Å²) in [7, 11) is -3.01. The second kappa shape index (κ2) is 5.19. The van der Waals surface area contributed by atoms with Crippen LogP contribution in [0.5, 0.6) is 0 Å². The van der Waals surface area contributed by atoms with Crippen LogP contribution in [0.2, 0.25) is 0 Å². The van der Waals surface area contributed by atoms with Gasteiger partial charge in [-0.3, -0.25) is 9.89 Å². The molecular weight excluding hydrogens is 314 g/mol. The Balaban J connectivity index is 1.60. The van der Waals surface area contributed by atoms with Crippen molar-refractivity contribution in [3.8, 4) is 11.3 Å². The zero-order chi connectivity index (χ0) is 16.0. The Morgan fingerprint density at radius 3 is 2.87 bits per heavy atom. The van der Waals surface area contributed by atoms with Crippen LogP contribution in [0.25, 0.3) is 11.3 Å². The average Bonchev–Trinajstić information content (AvgIpc) is 3.10. The van der Waals surface area contributed by atoms with Crippen molar-refractivity contribution >= 4 is 15.7 Å². The van der Waals surface area contributed by atoms with Crippen molar-refractivity contribution in [2.24, 2.45) is 0 Å². The van der Waals surface area contributed by atoms with Crippen molar-refractivity contribution in [2.45, 2.75) is 25.3 Å². The normalized spacial score (nSPS) is 21.5. The highest BCUT2D eigenvalue weighted by Crippen LogP contribution is 2.33. The zero-order valence-electron chi connectivity index (χ0n) is 12.5. The highest BCUT2D eigenvalue weighted by atomic mass is 32.2. The molecule has 1 amide bonds. The number of hydrogen-bond donors (Lipinski definition) is 2. The van der Waals surface area contributed by atoms with Gasteiger partial charge in [0.15, 0.2) is 9.84 Å². The molecule has 2 N–H and O–H groups in total. The minimum Gasteiger partial charge on any atom is -0.347 e. The van der Waals surface area contributed by atoms with Gasteiger partial charge in [0.2, 0.25) is 0 Å². The number of rotatable bonds is 2. The van der Waals surface area contributed by atoms with Crippen LogP contribution in [0.4, 0.5) is 0 Å². The summed E-state index contributed by atoms with van der Waals surface area (Å²) in [4.78, 5) is 12.5. The predicted octanol–water partition coefficient (Wildman–Crippen LogP) is 1.09. The fourth-order valence-electron chi connectivity index (χ4n) is 3.41. The molecule has 0 saturated carbocycles. The molecule has 0 bridgehead atoms. The van der Waals surface area contributed by atoms with Crippen LogP contribution in [0, 0.1) is 0 Å². The Labute approximate surface area is 134 Å². The number of aromatic nitrogens is 2. The van der Waals surface area contributed by atoms with Crippen LogP contribution in [0.1, 0.15) is 28.0 Å². The van der Waals surface area contributed by atoms with Crippen LogP contribution in [-0.4, -0.2) is 42.1 Å². The number of nitrogens with zero attached hydrogens (tertiary/aromatic N) is 1. The van der Waals surface area contributed by atoms with Crippen molar-refractivity contribution in [2.75, 3.05) is 11.5 Å². The molecule has 23 heavy (non-hydrogen) atoms. The fraction of sp³-hybridized carbons (Fsp3) is 0.375. The van der Waals surface area contributed by atoms with Crippen molar-refractivity contribution < 1.29 is 13.2 Å². The van der Waals surface area contributed by atoms with Gasteiger partial charge in [-0.15, -0.1) is 0 Å². The minimum absolute atomic E-state index is 0.0257. The second-order valence-electron chi connectivity index (χ2n) is 6.16. The largest absolute Gasteiger partial charge is 0.347 e. The lowest BCUT2D eigenvalue weighted by atomic mass is 9.89. The first kappa shape index (κ1) is 14.4. The molecule has 1 saturated heterocycles. The Hall–Kier alpha value is -2.15. The fourth-order valence-corrected chi connectivity index (χ4v) is 5.09. The smallest absolute Gasteiger partial charge is 0.269 e. The molecule has 0 spiro atoms. The van der Waals surface area contributed by atoms with Gasteiger partial charge in [-0.05, 0) is 24.8 Å². The van der Waals surface area contributed by atoms with Gasteiger partial charge in [0.1, 0.15) is 5.69 Å². The van der Waals surface area contributed by atoms with E-state index in [9.17, 15) is 13.2 Å². The molecule has 0 radical (unpaired) electrons. The van der Waals surface area contributed by atoms with Crippen molar-refractivity contribution in [1.82, 2.24) is 15.5 Å². The summed E-state index contributed by atoms with van der Waals surface area (Å²) < 4.78 is 23.0. The topological polar surface area (TPSA) is 91.9 Å². The van der Waals surface area contributed by atoms with E-state index in [0.29, 0.717) is 12.1 Å². The van der Waals surface area contributed by atoms with E-state index in [0.717, 1.165) is 29.7 Å². The molecule has 2 aromatic rings. The Morgan fingerprint density at radius 1 is 1.26 bits per heavy atom. The van der Waals surface area contributed by atoms with Crippen LogP contribution >= 0.6 is 0 Å². The number of aryl methyl sites for hydroxylation is 1. The SMILES string of the molecule is O=C(NC1CCS(=O)(=O)C1)c1[nH]nc2c1CCc1ccccc1-2. The van der Waals surface area contributed by atoms with Crippen LogP contribution in [-0.2, 0) is 22.7 Å². The summed E-state index contributed by atoms with van der Waals surface area (Å²) in [5.41, 5.74) is 4.50. The van der Waals surface area contributed by atoms with Crippen molar-refractivity contribution in [3.63, 3.8) is 0 Å². The third-order valence-corrected chi connectivity index (χ3v) is 6.35. The van der Waals surface area contributed by atoms with Crippen molar-refractivity contribution in [3.05, 3.63) is 41.1 Å². The molecule has 2 heterocycles. The molecule has 1 unspecified atom stereocenters. The maximum absolute atomic E-state index is 12.5. The number of fused-ring (bicyclic) bond motifs is 3. The second-order valence-corrected chi connectivity index (χ2v) is 8.39. The molecule has 2 aliphatic rings. The lowest BCUT2D eigenvalue weighted by molar-refractivity contribution is 0.0935. The van der Waals surface area contributed by atoms with Gasteiger partial charge in [0, 0.05) is 17.2 Å². The summed E-state index contributed by atoms with van der Waals surface area (Å²) in [6, 6.07) is 7.76. The average molecular weight is 331 g/mol. The highest BCUT2D eigenvalue weighted by molar-refractivity contribution is 7.91. The monoisotopic (exact) mass is 331 g/mol. The van der Waals surface area contributed by atoms with E-state index in [1.807, 2.05) is 18.2 Å². The number of carbonyl (C=O) groups excluding carboxylic acids is 1. The lowest BCUT2D eigenvalue weighted by Gasteiger charge is -2.16. The molecule has 1 aliphatic carbocycles.